The minimum atomic E-state index is -0.0429. The molecular weight excluding hydrogens is 234 g/mol. The average Bonchev–Trinajstić information content (AvgIpc) is 2.87. The minimum Gasteiger partial charge on any atom is -0.496 e. The quantitative estimate of drug-likeness (QED) is 0.868. The van der Waals surface area contributed by atoms with Crippen LogP contribution in [0.5, 0.6) is 5.75 Å². The molecule has 2 aliphatic heterocycles. The first-order valence-corrected chi connectivity index (χ1v) is 6.58. The van der Waals surface area contributed by atoms with Crippen LogP contribution in [-0.4, -0.2) is 24.8 Å². The van der Waals surface area contributed by atoms with E-state index in [9.17, 15) is 4.79 Å². The summed E-state index contributed by atoms with van der Waals surface area (Å²) in [5, 5.41) is 3.57. The van der Waals surface area contributed by atoms with Crippen LogP contribution in [0.15, 0.2) is 18.2 Å². The van der Waals surface area contributed by atoms with E-state index < -0.39 is 0 Å². The second-order valence-corrected chi connectivity index (χ2v) is 6.13. The number of carbonyl (C=O) groups excluding carboxylic acids is 1. The summed E-state index contributed by atoms with van der Waals surface area (Å²) in [5.41, 5.74) is 2.37. The van der Waals surface area contributed by atoms with Crippen molar-refractivity contribution in [3.8, 4) is 5.75 Å². The van der Waals surface area contributed by atoms with Crippen LogP contribution in [0.25, 0.3) is 0 Å². The highest BCUT2D eigenvalue weighted by Gasteiger charge is 2.52. The molecular formula is C13H15NO2S. The molecule has 0 aliphatic carbocycles. The van der Waals surface area contributed by atoms with Crippen LogP contribution >= 0.6 is 11.8 Å². The van der Waals surface area contributed by atoms with Crippen LogP contribution in [0.1, 0.15) is 17.5 Å². The van der Waals surface area contributed by atoms with Crippen molar-refractivity contribution in [3.05, 3.63) is 29.3 Å². The van der Waals surface area contributed by atoms with Crippen LogP contribution in [0, 0.1) is 6.92 Å². The maximum absolute atomic E-state index is 11.7. The fraction of sp³-hybridized carbons (Fsp3) is 0.462. The summed E-state index contributed by atoms with van der Waals surface area (Å²) in [6, 6.07) is 6.29. The van der Waals surface area contributed by atoms with E-state index in [-0.39, 0.29) is 15.9 Å². The van der Waals surface area contributed by atoms with Crippen molar-refractivity contribution in [3.63, 3.8) is 0 Å². The van der Waals surface area contributed by atoms with Gasteiger partial charge in [-0.3, -0.25) is 4.79 Å². The van der Waals surface area contributed by atoms with Gasteiger partial charge in [0.2, 0.25) is 5.12 Å². The number of rotatable bonds is 2. The summed E-state index contributed by atoms with van der Waals surface area (Å²) in [4.78, 5) is 11.7. The van der Waals surface area contributed by atoms with Gasteiger partial charge in [-0.25, -0.2) is 0 Å². The molecule has 1 N–H and O–H groups in total. The predicted molar refractivity (Wildman–Crippen MR) is 68.4 cm³/mol. The fourth-order valence-electron chi connectivity index (χ4n) is 2.71. The maximum Gasteiger partial charge on any atom is 0.206 e. The lowest BCUT2D eigenvalue weighted by Crippen LogP contribution is -2.34. The number of fused-ring (bicyclic) bond motifs is 2. The number of ether oxygens (including phenoxy) is 1. The molecule has 90 valence electrons. The van der Waals surface area contributed by atoms with Gasteiger partial charge in [0.15, 0.2) is 0 Å². The Balaban J connectivity index is 2.00. The van der Waals surface area contributed by atoms with Crippen molar-refractivity contribution < 1.29 is 9.53 Å². The summed E-state index contributed by atoms with van der Waals surface area (Å²) in [6.07, 6.45) is 0.919. The van der Waals surface area contributed by atoms with Gasteiger partial charge in [-0.15, -0.1) is 0 Å². The molecule has 1 aromatic carbocycles. The first-order valence-electron chi connectivity index (χ1n) is 5.76. The lowest BCUT2D eigenvalue weighted by Gasteiger charge is -2.25. The molecule has 0 amide bonds. The van der Waals surface area contributed by atoms with Crippen molar-refractivity contribution >= 4 is 16.9 Å². The Morgan fingerprint density at radius 3 is 2.88 bits per heavy atom. The Morgan fingerprint density at radius 1 is 1.53 bits per heavy atom. The average molecular weight is 249 g/mol. The van der Waals surface area contributed by atoms with Gasteiger partial charge in [0.1, 0.15) is 5.75 Å². The Bertz CT molecular complexity index is 488. The number of hydrogen-bond donors (Lipinski definition) is 1. The second-order valence-electron chi connectivity index (χ2n) is 4.74. The maximum atomic E-state index is 11.7. The zero-order valence-electron chi connectivity index (χ0n) is 9.95. The van der Waals surface area contributed by atoms with Crippen molar-refractivity contribution in [2.24, 2.45) is 0 Å². The number of aryl methyl sites for hydroxylation is 1. The van der Waals surface area contributed by atoms with Crippen LogP contribution in [0.3, 0.4) is 0 Å². The van der Waals surface area contributed by atoms with Gasteiger partial charge in [0.05, 0.1) is 17.9 Å². The van der Waals surface area contributed by atoms with Gasteiger partial charge in [-0.1, -0.05) is 23.9 Å². The molecule has 2 unspecified atom stereocenters. The number of benzene rings is 1. The standard InChI is InChI=1S/C13H15NO2S/c1-8-5-9(3-4-11(8)16-2)13-6-10(14-7-13)12(15)17-13/h3-5,10,14H,6-7H2,1-2H3. The number of hydrogen-bond acceptors (Lipinski definition) is 4. The zero-order chi connectivity index (χ0) is 12.0. The Labute approximate surface area is 105 Å². The van der Waals surface area contributed by atoms with E-state index in [2.05, 4.69) is 17.4 Å². The smallest absolute Gasteiger partial charge is 0.206 e. The van der Waals surface area contributed by atoms with Crippen LogP contribution in [0.4, 0.5) is 0 Å². The molecule has 0 radical (unpaired) electrons. The molecule has 1 aromatic rings. The lowest BCUT2D eigenvalue weighted by molar-refractivity contribution is -0.112. The van der Waals surface area contributed by atoms with Crippen molar-refractivity contribution in [2.45, 2.75) is 24.1 Å². The molecule has 3 nitrogen and oxygen atoms in total. The van der Waals surface area contributed by atoms with Crippen molar-refractivity contribution in [2.75, 3.05) is 13.7 Å². The lowest BCUT2D eigenvalue weighted by atomic mass is 9.94. The summed E-state index contributed by atoms with van der Waals surface area (Å²) in [6.45, 7) is 2.93. The van der Waals surface area contributed by atoms with Gasteiger partial charge in [-0.2, -0.15) is 0 Å². The Morgan fingerprint density at radius 2 is 2.35 bits per heavy atom. The summed E-state index contributed by atoms with van der Waals surface area (Å²) >= 11 is 1.50. The molecule has 0 spiro atoms. The van der Waals surface area contributed by atoms with E-state index in [0.717, 1.165) is 24.3 Å². The normalized spacial score (nSPS) is 30.9. The molecule has 2 fully saturated rings. The van der Waals surface area contributed by atoms with Crippen molar-refractivity contribution in [1.29, 1.82) is 0 Å². The summed E-state index contributed by atoms with van der Waals surface area (Å²) in [5.74, 6) is 0.905. The summed E-state index contributed by atoms with van der Waals surface area (Å²) < 4.78 is 5.23. The number of carbonyl (C=O) groups is 1. The molecule has 17 heavy (non-hydrogen) atoms. The van der Waals surface area contributed by atoms with Crippen LogP contribution < -0.4 is 10.1 Å². The van der Waals surface area contributed by atoms with E-state index in [1.54, 1.807) is 7.11 Å². The predicted octanol–water partition coefficient (Wildman–Crippen LogP) is 1.83. The third-order valence-corrected chi connectivity index (χ3v) is 5.09. The number of methoxy groups -OCH3 is 1. The topological polar surface area (TPSA) is 38.3 Å². The van der Waals surface area contributed by atoms with E-state index in [0.29, 0.717) is 0 Å². The van der Waals surface area contributed by atoms with Gasteiger partial charge >= 0.3 is 0 Å². The highest BCUT2D eigenvalue weighted by molar-refractivity contribution is 8.15. The Hall–Kier alpha value is -1.00. The molecule has 2 atom stereocenters. The van der Waals surface area contributed by atoms with Gasteiger partial charge in [-0.05, 0) is 30.5 Å². The largest absolute Gasteiger partial charge is 0.496 e. The monoisotopic (exact) mass is 249 g/mol. The SMILES string of the molecule is COc1ccc(C23CNC(C2)C(=O)S3)cc1C. The minimum absolute atomic E-state index is 0.0429. The molecule has 2 saturated heterocycles. The molecule has 4 heteroatoms. The molecule has 0 saturated carbocycles. The highest BCUT2D eigenvalue weighted by Crippen LogP contribution is 2.51. The first kappa shape index (κ1) is 11.1. The molecule has 3 rings (SSSR count). The molecule has 2 aliphatic rings. The molecule has 2 bridgehead atoms. The van der Waals surface area contributed by atoms with E-state index in [1.165, 1.54) is 17.3 Å². The molecule has 0 aromatic heterocycles. The molecule has 2 heterocycles. The van der Waals surface area contributed by atoms with Gasteiger partial charge in [0, 0.05) is 6.54 Å². The number of thioether (sulfide) groups is 1. The summed E-state index contributed by atoms with van der Waals surface area (Å²) in [7, 11) is 1.68. The van der Waals surface area contributed by atoms with E-state index in [4.69, 9.17) is 4.74 Å². The van der Waals surface area contributed by atoms with Gasteiger partial charge in [0.25, 0.3) is 0 Å². The first-order chi connectivity index (χ1) is 8.14. The van der Waals surface area contributed by atoms with Crippen LogP contribution in [-0.2, 0) is 9.54 Å². The third-order valence-electron chi connectivity index (χ3n) is 3.67. The van der Waals surface area contributed by atoms with E-state index in [1.807, 2.05) is 13.0 Å². The van der Waals surface area contributed by atoms with Crippen LogP contribution in [0.2, 0.25) is 0 Å². The Kier molecular flexibility index (Phi) is 2.45. The fourth-order valence-corrected chi connectivity index (χ4v) is 4.06. The number of nitrogens with one attached hydrogen (secondary N) is 1. The van der Waals surface area contributed by atoms with Crippen molar-refractivity contribution in [1.82, 2.24) is 5.32 Å². The van der Waals surface area contributed by atoms with E-state index >= 15 is 0 Å². The third kappa shape index (κ3) is 1.58. The highest BCUT2D eigenvalue weighted by atomic mass is 32.2. The second kappa shape index (κ2) is 3.75. The zero-order valence-corrected chi connectivity index (χ0v) is 10.8. The van der Waals surface area contributed by atoms with Gasteiger partial charge < -0.3 is 10.1 Å².